The van der Waals surface area contributed by atoms with Crippen LogP contribution in [-0.4, -0.2) is 75.6 Å². The van der Waals surface area contributed by atoms with Crippen LogP contribution >= 0.6 is 0 Å². The molecule has 0 radical (unpaired) electrons. The highest BCUT2D eigenvalue weighted by Gasteiger charge is 2.32. The Bertz CT molecular complexity index is 791. The Kier molecular flexibility index (Phi) is 6.97. The van der Waals surface area contributed by atoms with E-state index in [0.29, 0.717) is 12.7 Å². The monoisotopic (exact) mass is 418 g/mol. The van der Waals surface area contributed by atoms with Crippen molar-refractivity contribution >= 4 is 15.9 Å². The molecular weight excluding hydrogens is 394 g/mol. The largest absolute Gasteiger partial charge is 0.378 e. The molecule has 1 aromatic carbocycles. The predicted molar refractivity (Wildman–Crippen MR) is 96.1 cm³/mol. The van der Waals surface area contributed by atoms with Crippen LogP contribution in [0.3, 0.4) is 0 Å². The van der Waals surface area contributed by atoms with Crippen LogP contribution in [0.1, 0.15) is 19.3 Å². The minimum atomic E-state index is -4.07. The Morgan fingerprint density at radius 1 is 1.21 bits per heavy atom. The molecule has 156 valence electrons. The molecule has 7 nitrogen and oxygen atoms in total. The molecule has 0 aliphatic carbocycles. The minimum Gasteiger partial charge on any atom is -0.378 e. The van der Waals surface area contributed by atoms with Gasteiger partial charge >= 0.3 is 0 Å². The van der Waals surface area contributed by atoms with Crippen molar-refractivity contribution in [3.8, 4) is 0 Å². The quantitative estimate of drug-likeness (QED) is 0.626. The highest BCUT2D eigenvalue weighted by molar-refractivity contribution is 7.89. The third kappa shape index (κ3) is 5.05. The van der Waals surface area contributed by atoms with Gasteiger partial charge in [-0.3, -0.25) is 4.79 Å². The van der Waals surface area contributed by atoms with Gasteiger partial charge in [-0.1, -0.05) is 0 Å². The first-order valence-electron chi connectivity index (χ1n) is 9.30. The van der Waals surface area contributed by atoms with Gasteiger partial charge in [0.2, 0.25) is 15.9 Å². The molecule has 2 saturated heterocycles. The van der Waals surface area contributed by atoms with E-state index in [1.54, 1.807) is 4.90 Å². The Labute approximate surface area is 163 Å². The average molecular weight is 418 g/mol. The van der Waals surface area contributed by atoms with Crippen molar-refractivity contribution in [3.05, 3.63) is 29.8 Å². The highest BCUT2D eigenvalue weighted by Crippen LogP contribution is 2.21. The molecule has 0 saturated carbocycles. The van der Waals surface area contributed by atoms with Gasteiger partial charge in [-0.2, -0.15) is 4.31 Å². The molecule has 2 aliphatic heterocycles. The van der Waals surface area contributed by atoms with Crippen LogP contribution in [0.15, 0.2) is 23.1 Å². The summed E-state index contributed by atoms with van der Waals surface area (Å²) in [6, 6.07) is 2.37. The van der Waals surface area contributed by atoms with E-state index in [1.165, 1.54) is 0 Å². The maximum absolute atomic E-state index is 13.9. The number of halogens is 2. The molecule has 2 fully saturated rings. The van der Waals surface area contributed by atoms with Crippen molar-refractivity contribution in [3.63, 3.8) is 0 Å². The van der Waals surface area contributed by atoms with E-state index in [-0.39, 0.29) is 51.2 Å². The second-order valence-corrected chi connectivity index (χ2v) is 8.73. The summed E-state index contributed by atoms with van der Waals surface area (Å²) < 4.78 is 64.0. The summed E-state index contributed by atoms with van der Waals surface area (Å²) in [5, 5.41) is 0. The van der Waals surface area contributed by atoms with Gasteiger partial charge in [-0.25, -0.2) is 17.2 Å². The van der Waals surface area contributed by atoms with Gasteiger partial charge in [-0.05, 0) is 25.0 Å². The number of ether oxygens (including phenoxy) is 2. The van der Waals surface area contributed by atoms with E-state index in [9.17, 15) is 22.0 Å². The van der Waals surface area contributed by atoms with Crippen LogP contribution in [0.2, 0.25) is 0 Å². The van der Waals surface area contributed by atoms with Crippen molar-refractivity contribution in [2.24, 2.45) is 0 Å². The zero-order valence-corrected chi connectivity index (χ0v) is 16.3. The van der Waals surface area contributed by atoms with Crippen molar-refractivity contribution in [2.45, 2.75) is 30.3 Å². The summed E-state index contributed by atoms with van der Waals surface area (Å²) in [6.45, 7) is 2.06. The van der Waals surface area contributed by atoms with E-state index >= 15 is 0 Å². The first kappa shape index (κ1) is 21.1. The van der Waals surface area contributed by atoms with Crippen molar-refractivity contribution in [2.75, 3.05) is 46.0 Å². The number of piperazine rings is 1. The van der Waals surface area contributed by atoms with Crippen molar-refractivity contribution < 1.29 is 31.5 Å². The van der Waals surface area contributed by atoms with Crippen LogP contribution < -0.4 is 0 Å². The molecule has 1 atom stereocenters. The third-order valence-corrected chi connectivity index (χ3v) is 6.82. The summed E-state index contributed by atoms with van der Waals surface area (Å²) in [4.78, 5) is 13.3. The molecule has 0 aromatic heterocycles. The van der Waals surface area contributed by atoms with Gasteiger partial charge in [0.25, 0.3) is 0 Å². The predicted octanol–water partition coefficient (Wildman–Crippen LogP) is 1.38. The molecule has 1 amide bonds. The summed E-state index contributed by atoms with van der Waals surface area (Å²) in [5.41, 5.74) is 0. The van der Waals surface area contributed by atoms with E-state index in [4.69, 9.17) is 9.47 Å². The minimum absolute atomic E-state index is 0.0572. The molecule has 0 bridgehead atoms. The van der Waals surface area contributed by atoms with Gasteiger partial charge < -0.3 is 14.4 Å². The fraction of sp³-hybridized carbons (Fsp3) is 0.611. The van der Waals surface area contributed by atoms with Gasteiger partial charge in [-0.15, -0.1) is 0 Å². The summed E-state index contributed by atoms with van der Waals surface area (Å²) >= 11 is 0. The molecule has 10 heteroatoms. The first-order chi connectivity index (χ1) is 13.4. The summed E-state index contributed by atoms with van der Waals surface area (Å²) in [6.07, 6.45) is 2.32. The second kappa shape index (κ2) is 9.25. The Hall–Kier alpha value is -1.62. The smallest absolute Gasteiger partial charge is 0.246 e. The Morgan fingerprint density at radius 2 is 1.96 bits per heavy atom. The van der Waals surface area contributed by atoms with Crippen LogP contribution in [0.4, 0.5) is 8.78 Å². The lowest BCUT2D eigenvalue weighted by Crippen LogP contribution is -2.50. The second-order valence-electron chi connectivity index (χ2n) is 6.82. The SMILES string of the molecule is O=C(CCOCC1CCCO1)N1CCN(S(=O)(=O)c2ccc(F)cc2F)CC1. The molecule has 2 heterocycles. The number of amides is 1. The lowest BCUT2D eigenvalue weighted by molar-refractivity contribution is -0.133. The third-order valence-electron chi connectivity index (χ3n) is 4.89. The number of hydrogen-bond donors (Lipinski definition) is 0. The topological polar surface area (TPSA) is 76.2 Å². The zero-order chi connectivity index (χ0) is 20.1. The molecule has 0 N–H and O–H groups in total. The molecular formula is C18H24F2N2O5S. The fourth-order valence-corrected chi connectivity index (χ4v) is 4.78. The summed E-state index contributed by atoms with van der Waals surface area (Å²) in [7, 11) is -4.07. The lowest BCUT2D eigenvalue weighted by Gasteiger charge is -2.34. The van der Waals surface area contributed by atoms with Crippen LogP contribution in [-0.2, 0) is 24.3 Å². The normalized spacial score (nSPS) is 21.2. The number of hydrogen-bond acceptors (Lipinski definition) is 5. The highest BCUT2D eigenvalue weighted by atomic mass is 32.2. The van der Waals surface area contributed by atoms with E-state index in [2.05, 4.69) is 0 Å². The van der Waals surface area contributed by atoms with Crippen LogP contribution in [0, 0.1) is 11.6 Å². The zero-order valence-electron chi connectivity index (χ0n) is 15.5. The number of benzene rings is 1. The number of carbonyl (C=O) groups is 1. The molecule has 1 unspecified atom stereocenters. The fourth-order valence-electron chi connectivity index (χ4n) is 3.31. The van der Waals surface area contributed by atoms with E-state index in [1.807, 2.05) is 0 Å². The maximum atomic E-state index is 13.9. The number of sulfonamides is 1. The molecule has 3 rings (SSSR count). The number of rotatable bonds is 7. The lowest BCUT2D eigenvalue weighted by atomic mass is 10.2. The van der Waals surface area contributed by atoms with Gasteiger partial charge in [0.1, 0.15) is 16.5 Å². The molecule has 1 aromatic rings. The average Bonchev–Trinajstić information content (AvgIpc) is 3.18. The van der Waals surface area contributed by atoms with Crippen LogP contribution in [0.25, 0.3) is 0 Å². The van der Waals surface area contributed by atoms with Gasteiger partial charge in [0, 0.05) is 38.9 Å². The molecule has 28 heavy (non-hydrogen) atoms. The van der Waals surface area contributed by atoms with Gasteiger partial charge in [0.05, 0.1) is 25.7 Å². The summed E-state index contributed by atoms with van der Waals surface area (Å²) in [5.74, 6) is -2.08. The van der Waals surface area contributed by atoms with Crippen LogP contribution in [0.5, 0.6) is 0 Å². The Morgan fingerprint density at radius 3 is 2.61 bits per heavy atom. The van der Waals surface area contributed by atoms with Gasteiger partial charge in [0.15, 0.2) is 0 Å². The standard InChI is InChI=1S/C18H24F2N2O5S/c19-14-3-4-17(16(20)12-14)28(24,25)22-8-6-21(7-9-22)18(23)5-11-26-13-15-2-1-10-27-15/h3-4,12,15H,1-2,5-11,13H2. The number of carbonyl (C=O) groups excluding carboxylic acids is 1. The van der Waals surface area contributed by atoms with E-state index < -0.39 is 26.6 Å². The molecule has 2 aliphatic rings. The first-order valence-corrected chi connectivity index (χ1v) is 10.7. The van der Waals surface area contributed by atoms with Crippen molar-refractivity contribution in [1.82, 2.24) is 9.21 Å². The maximum Gasteiger partial charge on any atom is 0.246 e. The van der Waals surface area contributed by atoms with Crippen molar-refractivity contribution in [1.29, 1.82) is 0 Å². The Balaban J connectivity index is 1.46. The number of nitrogens with zero attached hydrogens (tertiary/aromatic N) is 2. The van der Waals surface area contributed by atoms with E-state index in [0.717, 1.165) is 35.9 Å². The molecule has 0 spiro atoms.